The van der Waals surface area contributed by atoms with Gasteiger partial charge in [-0.15, -0.1) is 0 Å². The number of morpholine rings is 1. The smallest absolute Gasteiger partial charge is 0.345 e. The van der Waals surface area contributed by atoms with E-state index in [-0.39, 0.29) is 17.5 Å². The molecule has 1 atom stereocenters. The fourth-order valence-corrected chi connectivity index (χ4v) is 3.07. The van der Waals surface area contributed by atoms with E-state index in [1.807, 2.05) is 4.90 Å². The highest BCUT2D eigenvalue weighted by Gasteiger charge is 2.37. The van der Waals surface area contributed by atoms with Crippen LogP contribution in [-0.2, 0) is 15.9 Å². The van der Waals surface area contributed by atoms with E-state index in [9.17, 15) is 19.2 Å². The average molecular weight is 345 g/mol. The van der Waals surface area contributed by atoms with E-state index >= 15 is 0 Å². The molecule has 1 fully saturated rings. The molecule has 0 aromatic heterocycles. The molecule has 9 heteroatoms. The highest BCUT2D eigenvalue weighted by molar-refractivity contribution is 5.75. The van der Waals surface area contributed by atoms with Gasteiger partial charge >= 0.3 is 6.61 Å². The first-order valence-corrected chi connectivity index (χ1v) is 7.62. The number of nitrogens with zero attached hydrogens (tertiary/aromatic N) is 2. The maximum absolute atomic E-state index is 12.3. The predicted molar refractivity (Wildman–Crippen MR) is 81.8 cm³/mol. The molecule has 24 heavy (non-hydrogen) atoms. The summed E-state index contributed by atoms with van der Waals surface area (Å²) in [6.45, 7) is 0.697. The second-order valence-corrected chi connectivity index (χ2v) is 6.12. The van der Waals surface area contributed by atoms with Crippen molar-refractivity contribution in [3.05, 3.63) is 22.9 Å². The largest absolute Gasteiger partial charge is 0.733 e. The maximum atomic E-state index is 12.3. The lowest BCUT2D eigenvalue weighted by atomic mass is 9.99. The fraction of sp³-hybridized carbons (Fsp3) is 0.600. The van der Waals surface area contributed by atoms with Crippen LogP contribution in [0.2, 0.25) is 0 Å². The van der Waals surface area contributed by atoms with Gasteiger partial charge in [-0.3, -0.25) is 5.21 Å². The lowest BCUT2D eigenvalue weighted by Crippen LogP contribution is -2.37. The summed E-state index contributed by atoms with van der Waals surface area (Å²) in [4.78, 5) is 1.91. The van der Waals surface area contributed by atoms with Crippen LogP contribution in [-0.4, -0.2) is 50.3 Å². The van der Waals surface area contributed by atoms with Crippen LogP contribution in [0, 0.1) is 5.21 Å². The Bertz CT molecular complexity index is 595. The van der Waals surface area contributed by atoms with E-state index in [0.29, 0.717) is 49.7 Å². The summed E-state index contributed by atoms with van der Waals surface area (Å²) in [7, 11) is 0. The molecule has 0 spiro atoms. The zero-order valence-electron chi connectivity index (χ0n) is 13.2. The normalized spacial score (nSPS) is 23.3. The van der Waals surface area contributed by atoms with Crippen LogP contribution >= 0.6 is 0 Å². The third-order valence-electron chi connectivity index (χ3n) is 4.15. The minimum absolute atomic E-state index is 0.0956. The van der Waals surface area contributed by atoms with Crippen LogP contribution in [0.3, 0.4) is 0 Å². The van der Waals surface area contributed by atoms with Gasteiger partial charge in [0.2, 0.25) is 0 Å². The number of hydrogen-bond donors (Lipinski definition) is 1. The Labute approximate surface area is 137 Å². The molecule has 2 aliphatic rings. The van der Waals surface area contributed by atoms with Gasteiger partial charge in [-0.2, -0.15) is 8.78 Å². The Balaban J connectivity index is 1.87. The molecule has 0 saturated carbocycles. The summed E-state index contributed by atoms with van der Waals surface area (Å²) in [5.41, 5.74) is 0.340. The quantitative estimate of drug-likeness (QED) is 0.819. The minimum Gasteiger partial charge on any atom is -0.733 e. The van der Waals surface area contributed by atoms with Gasteiger partial charge in [0.1, 0.15) is 11.4 Å². The van der Waals surface area contributed by atoms with E-state index in [1.165, 1.54) is 6.07 Å². The third kappa shape index (κ3) is 3.54. The molecule has 134 valence electrons. The number of anilines is 2. The number of hydrogen-bond acceptors (Lipinski definition) is 7. The molecule has 2 aliphatic heterocycles. The van der Waals surface area contributed by atoms with Gasteiger partial charge in [-0.25, -0.2) is 0 Å². The van der Waals surface area contributed by atoms with Crippen molar-refractivity contribution in [3.8, 4) is 5.75 Å². The summed E-state index contributed by atoms with van der Waals surface area (Å²) in [5, 5.41) is 20.8. The second kappa shape index (κ2) is 6.67. The first kappa shape index (κ1) is 17.2. The molecular weight excluding hydrogens is 326 g/mol. The Hall–Kier alpha value is -1.68. The number of ether oxygens (including phenoxy) is 3. The van der Waals surface area contributed by atoms with Crippen LogP contribution < -0.4 is 14.9 Å². The summed E-state index contributed by atoms with van der Waals surface area (Å²) in [6.07, 6.45) is 0.305. The van der Waals surface area contributed by atoms with Crippen molar-refractivity contribution >= 4 is 11.4 Å². The zero-order chi connectivity index (χ0) is 17.3. The second-order valence-electron chi connectivity index (χ2n) is 6.12. The van der Waals surface area contributed by atoms with Gasteiger partial charge < -0.3 is 29.5 Å². The summed E-state index contributed by atoms with van der Waals surface area (Å²) < 4.78 is 40.0. The zero-order valence-corrected chi connectivity index (χ0v) is 13.2. The Kier molecular flexibility index (Phi) is 4.77. The average Bonchev–Trinajstić information content (AvgIpc) is 2.88. The number of rotatable bonds is 5. The van der Waals surface area contributed by atoms with E-state index in [4.69, 9.17) is 9.47 Å². The summed E-state index contributed by atoms with van der Waals surface area (Å²) >= 11 is 0. The Morgan fingerprint density at radius 2 is 2.12 bits per heavy atom. The van der Waals surface area contributed by atoms with Crippen molar-refractivity contribution in [2.24, 2.45) is 0 Å². The topological polar surface area (TPSA) is 77.5 Å². The van der Waals surface area contributed by atoms with Gasteiger partial charge in [-0.1, -0.05) is 0 Å². The van der Waals surface area contributed by atoms with Crippen molar-refractivity contribution < 1.29 is 28.2 Å². The van der Waals surface area contributed by atoms with Crippen molar-refractivity contribution in [3.63, 3.8) is 0 Å². The molecule has 2 heterocycles. The standard InChI is InChI=1S/C15H19F2N2O5/c1-15(9-23-14(16)17)8-10-6-12(19(20)21)11(7-13(10)24-15)18-2-4-22-5-3-18/h6-7,14,20H,2-5,8-9H2,1H3/q-1. The molecule has 7 nitrogen and oxygen atoms in total. The molecule has 1 unspecified atom stereocenters. The lowest BCUT2D eigenvalue weighted by molar-refractivity contribution is -0.158. The van der Waals surface area contributed by atoms with Crippen LogP contribution in [0.15, 0.2) is 12.1 Å². The van der Waals surface area contributed by atoms with Crippen molar-refractivity contribution in [1.82, 2.24) is 0 Å². The Morgan fingerprint density at radius 3 is 2.75 bits per heavy atom. The molecule has 0 radical (unpaired) electrons. The number of benzene rings is 1. The van der Waals surface area contributed by atoms with Gasteiger partial charge in [-0.05, 0) is 13.0 Å². The highest BCUT2D eigenvalue weighted by Crippen LogP contribution is 2.43. The van der Waals surface area contributed by atoms with Crippen LogP contribution in [0.1, 0.15) is 12.5 Å². The van der Waals surface area contributed by atoms with E-state index < -0.39 is 12.2 Å². The van der Waals surface area contributed by atoms with E-state index in [2.05, 4.69) is 4.74 Å². The lowest BCUT2D eigenvalue weighted by Gasteiger charge is -2.34. The summed E-state index contributed by atoms with van der Waals surface area (Å²) in [6, 6.07) is 3.19. The van der Waals surface area contributed by atoms with Gasteiger partial charge in [0.15, 0.2) is 0 Å². The SMILES string of the molecule is CC1(COC(F)F)Cc2cc(N([O-])O)c(N3CCOCC3)cc2O1. The molecule has 1 saturated heterocycles. The van der Waals surface area contributed by atoms with Crippen LogP contribution in [0.4, 0.5) is 20.2 Å². The molecule has 0 aliphatic carbocycles. The molecule has 1 aromatic rings. The first-order chi connectivity index (χ1) is 11.4. The molecule has 0 bridgehead atoms. The van der Waals surface area contributed by atoms with Crippen LogP contribution in [0.25, 0.3) is 0 Å². The molecule has 1 aromatic carbocycles. The van der Waals surface area contributed by atoms with Crippen molar-refractivity contribution in [2.45, 2.75) is 25.6 Å². The van der Waals surface area contributed by atoms with Crippen molar-refractivity contribution in [1.29, 1.82) is 0 Å². The molecule has 3 rings (SSSR count). The summed E-state index contributed by atoms with van der Waals surface area (Å²) in [5.74, 6) is 0.502. The maximum Gasteiger partial charge on any atom is 0.345 e. The van der Waals surface area contributed by atoms with Gasteiger partial charge in [0.05, 0.1) is 31.2 Å². The van der Waals surface area contributed by atoms with Crippen molar-refractivity contribution in [2.75, 3.05) is 43.0 Å². The number of halogens is 2. The Morgan fingerprint density at radius 1 is 1.42 bits per heavy atom. The van der Waals surface area contributed by atoms with Crippen LogP contribution in [0.5, 0.6) is 5.75 Å². The predicted octanol–water partition coefficient (Wildman–Crippen LogP) is 2.15. The minimum atomic E-state index is -2.87. The fourth-order valence-electron chi connectivity index (χ4n) is 3.07. The number of alkyl halides is 2. The monoisotopic (exact) mass is 345 g/mol. The van der Waals surface area contributed by atoms with E-state index in [1.54, 1.807) is 13.0 Å². The highest BCUT2D eigenvalue weighted by atomic mass is 19.3. The van der Waals surface area contributed by atoms with E-state index in [0.717, 1.165) is 0 Å². The molecule has 1 N–H and O–H groups in total. The van der Waals surface area contributed by atoms with Gasteiger partial charge in [0.25, 0.3) is 0 Å². The molecular formula is C15H19F2N2O5-. The number of fused-ring (bicyclic) bond motifs is 1. The van der Waals surface area contributed by atoms with Gasteiger partial charge in [0, 0.05) is 31.1 Å². The molecule has 0 amide bonds. The first-order valence-electron chi connectivity index (χ1n) is 7.62. The third-order valence-corrected chi connectivity index (χ3v) is 4.15.